The fourth-order valence-electron chi connectivity index (χ4n) is 4.79. The third kappa shape index (κ3) is 8.84. The maximum Gasteiger partial charge on any atom is 0.264 e. The molecule has 0 aliphatic carbocycles. The van der Waals surface area contributed by atoms with Crippen molar-refractivity contribution < 1.29 is 22.4 Å². The second kappa shape index (κ2) is 14.9. The number of carbonyl (C=O) groups excluding carboxylic acids is 2. The van der Waals surface area contributed by atoms with Gasteiger partial charge >= 0.3 is 0 Å². The van der Waals surface area contributed by atoms with Crippen molar-refractivity contribution in [3.05, 3.63) is 130 Å². The number of amides is 2. The van der Waals surface area contributed by atoms with Gasteiger partial charge in [-0.15, -0.1) is 0 Å². The van der Waals surface area contributed by atoms with E-state index in [2.05, 4.69) is 5.32 Å². The van der Waals surface area contributed by atoms with Crippen LogP contribution in [0, 0.1) is 12.7 Å². The third-order valence-electron chi connectivity index (χ3n) is 7.02. The molecular formula is C34H34Cl2FN3O4S. The van der Waals surface area contributed by atoms with E-state index in [1.54, 1.807) is 32.0 Å². The molecule has 4 rings (SSSR count). The van der Waals surface area contributed by atoms with Crippen LogP contribution in [0.1, 0.15) is 30.5 Å². The van der Waals surface area contributed by atoms with Gasteiger partial charge in [-0.05, 0) is 62.7 Å². The van der Waals surface area contributed by atoms with Gasteiger partial charge in [0, 0.05) is 34.6 Å². The molecule has 1 atom stereocenters. The third-order valence-corrected chi connectivity index (χ3v) is 9.25. The van der Waals surface area contributed by atoms with E-state index in [1.807, 2.05) is 37.3 Å². The Bertz CT molecular complexity index is 1730. The lowest BCUT2D eigenvalue weighted by Crippen LogP contribution is -2.54. The van der Waals surface area contributed by atoms with Crippen molar-refractivity contribution in [3.63, 3.8) is 0 Å². The maximum atomic E-state index is 15.0. The molecular weight excluding hydrogens is 636 g/mol. The minimum absolute atomic E-state index is 0.0542. The number of rotatable bonds is 12. The zero-order chi connectivity index (χ0) is 32.7. The summed E-state index contributed by atoms with van der Waals surface area (Å²) in [6.45, 7) is 4.40. The van der Waals surface area contributed by atoms with Crippen molar-refractivity contribution in [2.45, 2.75) is 50.7 Å². The Balaban J connectivity index is 1.84. The molecule has 0 saturated carbocycles. The second-order valence-corrected chi connectivity index (χ2v) is 13.7. The van der Waals surface area contributed by atoms with E-state index in [1.165, 1.54) is 53.4 Å². The monoisotopic (exact) mass is 669 g/mol. The van der Waals surface area contributed by atoms with Gasteiger partial charge in [-0.25, -0.2) is 12.8 Å². The van der Waals surface area contributed by atoms with E-state index in [0.717, 1.165) is 15.4 Å². The van der Waals surface area contributed by atoms with Crippen molar-refractivity contribution in [1.82, 2.24) is 10.2 Å². The number of anilines is 1. The average molecular weight is 671 g/mol. The molecule has 4 aromatic rings. The van der Waals surface area contributed by atoms with Gasteiger partial charge in [0.1, 0.15) is 18.4 Å². The van der Waals surface area contributed by atoms with Crippen LogP contribution in [0.5, 0.6) is 0 Å². The Kier molecular flexibility index (Phi) is 11.3. The van der Waals surface area contributed by atoms with Gasteiger partial charge in [-0.1, -0.05) is 89.4 Å². The van der Waals surface area contributed by atoms with Crippen LogP contribution in [0.2, 0.25) is 10.0 Å². The van der Waals surface area contributed by atoms with E-state index < -0.39 is 40.2 Å². The Morgan fingerprint density at radius 3 is 2.07 bits per heavy atom. The number of aryl methyl sites for hydroxylation is 1. The normalized spacial score (nSPS) is 12.1. The molecule has 0 aromatic heterocycles. The van der Waals surface area contributed by atoms with E-state index in [9.17, 15) is 18.0 Å². The molecule has 0 unspecified atom stereocenters. The van der Waals surface area contributed by atoms with E-state index >= 15 is 4.39 Å². The van der Waals surface area contributed by atoms with Crippen molar-refractivity contribution in [3.8, 4) is 0 Å². The first-order chi connectivity index (χ1) is 21.3. The largest absolute Gasteiger partial charge is 0.352 e. The number of hydrogen-bond acceptors (Lipinski definition) is 4. The fourth-order valence-corrected chi connectivity index (χ4v) is 6.71. The lowest BCUT2D eigenvalue weighted by molar-refractivity contribution is -0.140. The smallest absolute Gasteiger partial charge is 0.264 e. The van der Waals surface area contributed by atoms with Crippen LogP contribution in [0.4, 0.5) is 10.1 Å². The molecule has 7 nitrogen and oxygen atoms in total. The molecule has 0 radical (unpaired) electrons. The van der Waals surface area contributed by atoms with Crippen molar-refractivity contribution in [1.29, 1.82) is 0 Å². The molecule has 1 N–H and O–H groups in total. The molecule has 0 spiro atoms. The predicted octanol–water partition coefficient (Wildman–Crippen LogP) is 6.80. The first kappa shape index (κ1) is 34.0. The minimum atomic E-state index is -4.34. The van der Waals surface area contributed by atoms with Gasteiger partial charge in [0.25, 0.3) is 10.0 Å². The summed E-state index contributed by atoms with van der Waals surface area (Å²) in [5, 5.41) is 3.19. The van der Waals surface area contributed by atoms with Crippen molar-refractivity contribution in [2.75, 3.05) is 10.8 Å². The van der Waals surface area contributed by atoms with Crippen LogP contribution in [0.3, 0.4) is 0 Å². The number of carbonyl (C=O) groups is 2. The van der Waals surface area contributed by atoms with E-state index in [0.29, 0.717) is 0 Å². The molecule has 0 aliphatic heterocycles. The molecule has 0 heterocycles. The molecule has 0 bridgehead atoms. The summed E-state index contributed by atoms with van der Waals surface area (Å²) in [6, 6.07) is 24.1. The lowest BCUT2D eigenvalue weighted by atomic mass is 10.0. The number of benzene rings is 4. The molecule has 0 aliphatic rings. The first-order valence-electron chi connectivity index (χ1n) is 14.3. The number of hydrogen-bond donors (Lipinski definition) is 1. The summed E-state index contributed by atoms with van der Waals surface area (Å²) in [5.41, 5.74) is 1.83. The lowest BCUT2D eigenvalue weighted by Gasteiger charge is -2.34. The summed E-state index contributed by atoms with van der Waals surface area (Å²) in [5.74, 6) is -1.76. The summed E-state index contributed by atoms with van der Waals surface area (Å²) >= 11 is 12.5. The molecule has 2 amide bonds. The predicted molar refractivity (Wildman–Crippen MR) is 176 cm³/mol. The number of halogens is 3. The Labute approximate surface area is 273 Å². The number of sulfonamides is 1. The van der Waals surface area contributed by atoms with Crippen LogP contribution < -0.4 is 9.62 Å². The van der Waals surface area contributed by atoms with Gasteiger partial charge < -0.3 is 10.2 Å². The molecule has 11 heteroatoms. The highest BCUT2D eigenvalue weighted by atomic mass is 35.5. The second-order valence-electron chi connectivity index (χ2n) is 10.9. The summed E-state index contributed by atoms with van der Waals surface area (Å²) in [4.78, 5) is 29.3. The van der Waals surface area contributed by atoms with Crippen LogP contribution >= 0.6 is 23.2 Å². The van der Waals surface area contributed by atoms with Crippen LogP contribution in [0.25, 0.3) is 0 Å². The Hall–Kier alpha value is -3.92. The standard InChI is InChI=1S/C34H34Cl2FN3O4S/c1-23(2)38-34(42)32(17-25-9-5-4-6-10-25)39(21-26-11-7-8-12-31(26)37)33(41)22-40(29-19-27(35)18-28(36)20-29)45(43,44)30-15-13-24(3)14-16-30/h4-16,18-20,23,32H,17,21-22H2,1-3H3,(H,38,42)/t32-/m0/s1. The zero-order valence-corrected chi connectivity index (χ0v) is 27.4. The van der Waals surface area contributed by atoms with Crippen LogP contribution in [-0.2, 0) is 32.6 Å². The number of nitrogens with zero attached hydrogens (tertiary/aromatic N) is 2. The van der Waals surface area contributed by atoms with E-state index in [4.69, 9.17) is 23.2 Å². The van der Waals surface area contributed by atoms with Crippen LogP contribution in [-0.4, -0.2) is 43.8 Å². The maximum absolute atomic E-state index is 15.0. The molecule has 0 fully saturated rings. The topological polar surface area (TPSA) is 86.8 Å². The van der Waals surface area contributed by atoms with Crippen LogP contribution in [0.15, 0.2) is 102 Å². The molecule has 45 heavy (non-hydrogen) atoms. The SMILES string of the molecule is Cc1ccc(S(=O)(=O)N(CC(=O)N(Cc2ccccc2F)[C@@H](Cc2ccccc2)C(=O)NC(C)C)c2cc(Cl)cc(Cl)c2)cc1. The zero-order valence-electron chi connectivity index (χ0n) is 25.1. The van der Waals surface area contributed by atoms with Crippen molar-refractivity contribution in [2.24, 2.45) is 0 Å². The van der Waals surface area contributed by atoms with E-state index in [-0.39, 0.29) is 45.2 Å². The van der Waals surface area contributed by atoms with Gasteiger partial charge in [-0.3, -0.25) is 13.9 Å². The highest BCUT2D eigenvalue weighted by Crippen LogP contribution is 2.30. The van der Waals surface area contributed by atoms with Gasteiger partial charge in [0.15, 0.2) is 0 Å². The molecule has 4 aromatic carbocycles. The number of nitrogens with one attached hydrogen (secondary N) is 1. The molecule has 0 saturated heterocycles. The molecule has 236 valence electrons. The highest BCUT2D eigenvalue weighted by Gasteiger charge is 2.35. The average Bonchev–Trinajstić information content (AvgIpc) is 2.98. The fraction of sp³-hybridized carbons (Fsp3) is 0.235. The Morgan fingerprint density at radius 2 is 1.47 bits per heavy atom. The van der Waals surface area contributed by atoms with Crippen molar-refractivity contribution >= 4 is 50.7 Å². The summed E-state index contributed by atoms with van der Waals surface area (Å²) in [6.07, 6.45) is 0.104. The van der Waals surface area contributed by atoms with Gasteiger partial charge in [0.2, 0.25) is 11.8 Å². The summed E-state index contributed by atoms with van der Waals surface area (Å²) in [7, 11) is -4.34. The van der Waals surface area contributed by atoms with Gasteiger partial charge in [0.05, 0.1) is 10.6 Å². The summed E-state index contributed by atoms with van der Waals surface area (Å²) < 4.78 is 44.1. The highest BCUT2D eigenvalue weighted by molar-refractivity contribution is 7.92. The first-order valence-corrected chi connectivity index (χ1v) is 16.5. The van der Waals surface area contributed by atoms with Gasteiger partial charge in [-0.2, -0.15) is 0 Å². The Morgan fingerprint density at radius 1 is 0.867 bits per heavy atom. The minimum Gasteiger partial charge on any atom is -0.352 e. The quantitative estimate of drug-likeness (QED) is 0.180.